The molecule has 0 bridgehead atoms. The molecule has 0 spiro atoms. The van der Waals surface area contributed by atoms with Crippen LogP contribution in [0.15, 0.2) is 73.2 Å². The number of likely N-dealkylation sites (N-methyl/N-ethyl adjacent to an activating group) is 1. The van der Waals surface area contributed by atoms with Crippen LogP contribution in [-0.4, -0.2) is 41.4 Å². The molecular weight excluding hydrogens is 495 g/mol. The summed E-state index contributed by atoms with van der Waals surface area (Å²) in [7, 11) is 3.79. The molecule has 0 radical (unpaired) electrons. The molecule has 0 aliphatic carbocycles. The van der Waals surface area contributed by atoms with Crippen LogP contribution in [-0.2, 0) is 4.79 Å². The van der Waals surface area contributed by atoms with Gasteiger partial charge in [-0.25, -0.2) is 4.39 Å². The Balaban J connectivity index is 1.81. The van der Waals surface area contributed by atoms with Gasteiger partial charge in [-0.3, -0.25) is 14.8 Å². The fourth-order valence-electron chi connectivity index (χ4n) is 3.42. The van der Waals surface area contributed by atoms with Crippen molar-refractivity contribution in [2.24, 2.45) is 0 Å². The SMILES string of the molecule is CN(C)C/C=C/C(=O)Nc1cc2c(Nc3ccc(F)c(Cl)c3)c(C#N)cnc2cc1Oc1cccnc1. The molecule has 2 heterocycles. The van der Waals surface area contributed by atoms with Gasteiger partial charge in [-0.05, 0) is 50.5 Å². The van der Waals surface area contributed by atoms with Crippen molar-refractivity contribution in [1.82, 2.24) is 14.9 Å². The number of nitriles is 1. The maximum atomic E-state index is 13.7. The second kappa shape index (κ2) is 11.5. The Kier molecular flexibility index (Phi) is 7.93. The van der Waals surface area contributed by atoms with Crippen molar-refractivity contribution in [2.45, 2.75) is 0 Å². The van der Waals surface area contributed by atoms with Crippen molar-refractivity contribution in [2.75, 3.05) is 31.3 Å². The number of benzene rings is 2. The summed E-state index contributed by atoms with van der Waals surface area (Å²) in [6, 6.07) is 13.1. The molecule has 0 saturated heterocycles. The van der Waals surface area contributed by atoms with E-state index in [2.05, 4.69) is 26.7 Å². The first-order valence-corrected chi connectivity index (χ1v) is 11.5. The van der Waals surface area contributed by atoms with E-state index < -0.39 is 5.82 Å². The molecule has 2 aromatic carbocycles. The van der Waals surface area contributed by atoms with E-state index >= 15 is 0 Å². The first-order valence-electron chi connectivity index (χ1n) is 11.1. The fraction of sp³-hybridized carbons (Fsp3) is 0.111. The van der Waals surface area contributed by atoms with Gasteiger partial charge in [0.15, 0.2) is 5.75 Å². The predicted molar refractivity (Wildman–Crippen MR) is 142 cm³/mol. The molecule has 1 amide bonds. The number of nitrogens with zero attached hydrogens (tertiary/aromatic N) is 4. The van der Waals surface area contributed by atoms with Crippen LogP contribution >= 0.6 is 11.6 Å². The van der Waals surface area contributed by atoms with Crippen molar-refractivity contribution in [3.63, 3.8) is 0 Å². The number of amides is 1. The van der Waals surface area contributed by atoms with E-state index in [1.165, 1.54) is 30.5 Å². The van der Waals surface area contributed by atoms with E-state index in [9.17, 15) is 14.4 Å². The van der Waals surface area contributed by atoms with Crippen LogP contribution in [0.2, 0.25) is 5.02 Å². The molecule has 37 heavy (non-hydrogen) atoms. The number of rotatable bonds is 8. The van der Waals surface area contributed by atoms with Crippen LogP contribution in [0.4, 0.5) is 21.5 Å². The van der Waals surface area contributed by atoms with Gasteiger partial charge in [-0.15, -0.1) is 0 Å². The molecule has 2 aromatic heterocycles. The lowest BCUT2D eigenvalue weighted by Gasteiger charge is -2.16. The summed E-state index contributed by atoms with van der Waals surface area (Å²) >= 11 is 5.94. The molecule has 0 fully saturated rings. The summed E-state index contributed by atoms with van der Waals surface area (Å²) in [5.41, 5.74) is 1.99. The van der Waals surface area contributed by atoms with Crippen molar-refractivity contribution >= 4 is 45.5 Å². The van der Waals surface area contributed by atoms with E-state index in [1.54, 1.807) is 42.7 Å². The second-order valence-corrected chi connectivity index (χ2v) is 8.63. The molecule has 0 saturated carbocycles. The summed E-state index contributed by atoms with van der Waals surface area (Å²) in [6.45, 7) is 0.591. The van der Waals surface area contributed by atoms with E-state index in [0.717, 1.165) is 0 Å². The molecule has 186 valence electrons. The Hall–Kier alpha value is -4.52. The van der Waals surface area contributed by atoms with Crippen molar-refractivity contribution in [3.8, 4) is 17.6 Å². The molecule has 4 rings (SSSR count). The van der Waals surface area contributed by atoms with Gasteiger partial charge in [0.2, 0.25) is 5.91 Å². The highest BCUT2D eigenvalue weighted by Crippen LogP contribution is 2.38. The van der Waals surface area contributed by atoms with Gasteiger partial charge in [0.25, 0.3) is 0 Å². The number of hydrogen-bond acceptors (Lipinski definition) is 7. The van der Waals surface area contributed by atoms with E-state index in [0.29, 0.717) is 46.0 Å². The maximum absolute atomic E-state index is 13.7. The Morgan fingerprint density at radius 2 is 2.08 bits per heavy atom. The first-order chi connectivity index (χ1) is 17.8. The van der Waals surface area contributed by atoms with Crippen LogP contribution in [0, 0.1) is 17.1 Å². The van der Waals surface area contributed by atoms with E-state index in [1.807, 2.05) is 19.0 Å². The maximum Gasteiger partial charge on any atom is 0.248 e. The van der Waals surface area contributed by atoms with Crippen LogP contribution < -0.4 is 15.4 Å². The van der Waals surface area contributed by atoms with Crippen LogP contribution in [0.5, 0.6) is 11.5 Å². The molecule has 0 unspecified atom stereocenters. The highest BCUT2D eigenvalue weighted by atomic mass is 35.5. The largest absolute Gasteiger partial charge is 0.453 e. The summed E-state index contributed by atoms with van der Waals surface area (Å²) in [5.74, 6) is -0.116. The highest BCUT2D eigenvalue weighted by Gasteiger charge is 2.16. The minimum Gasteiger partial charge on any atom is -0.453 e. The quantitative estimate of drug-likeness (QED) is 0.281. The molecular formula is C27H22ClFN6O2. The van der Waals surface area contributed by atoms with Gasteiger partial charge in [0.1, 0.15) is 17.6 Å². The van der Waals surface area contributed by atoms with Crippen molar-refractivity contribution in [3.05, 3.63) is 89.6 Å². The van der Waals surface area contributed by atoms with Gasteiger partial charge in [0, 0.05) is 42.2 Å². The molecule has 10 heteroatoms. The number of hydrogen-bond donors (Lipinski definition) is 2. The third-order valence-corrected chi connectivity index (χ3v) is 5.43. The predicted octanol–water partition coefficient (Wildman–Crippen LogP) is 5.89. The van der Waals surface area contributed by atoms with Gasteiger partial charge >= 0.3 is 0 Å². The minimum atomic E-state index is -0.558. The summed E-state index contributed by atoms with van der Waals surface area (Å²) < 4.78 is 19.7. The number of halogens is 2. The third kappa shape index (κ3) is 6.38. The Labute approximate surface area is 218 Å². The number of fused-ring (bicyclic) bond motifs is 1. The lowest BCUT2D eigenvalue weighted by Crippen LogP contribution is -2.13. The summed E-state index contributed by atoms with van der Waals surface area (Å²) in [5, 5.41) is 16.2. The average Bonchev–Trinajstić information content (AvgIpc) is 2.87. The third-order valence-electron chi connectivity index (χ3n) is 5.14. The average molecular weight is 517 g/mol. The zero-order chi connectivity index (χ0) is 26.4. The van der Waals surface area contributed by atoms with Gasteiger partial charge in [0.05, 0.1) is 33.7 Å². The summed E-state index contributed by atoms with van der Waals surface area (Å²) in [6.07, 6.45) is 7.76. The number of nitrogens with one attached hydrogen (secondary N) is 2. The smallest absolute Gasteiger partial charge is 0.248 e. The Morgan fingerprint density at radius 1 is 1.24 bits per heavy atom. The van der Waals surface area contributed by atoms with E-state index in [4.69, 9.17) is 16.3 Å². The fourth-order valence-corrected chi connectivity index (χ4v) is 3.60. The zero-order valence-electron chi connectivity index (χ0n) is 20.0. The number of carbonyl (C=O) groups excluding carboxylic acids is 1. The minimum absolute atomic E-state index is 0.0634. The molecule has 0 atom stereocenters. The lowest BCUT2D eigenvalue weighted by atomic mass is 10.1. The number of aromatic nitrogens is 2. The number of anilines is 3. The van der Waals surface area contributed by atoms with Crippen LogP contribution in [0.3, 0.4) is 0 Å². The molecule has 4 aromatic rings. The van der Waals surface area contributed by atoms with Crippen molar-refractivity contribution < 1.29 is 13.9 Å². The molecule has 0 aliphatic heterocycles. The van der Waals surface area contributed by atoms with Gasteiger partial charge < -0.3 is 20.3 Å². The van der Waals surface area contributed by atoms with Crippen LogP contribution in [0.1, 0.15) is 5.56 Å². The van der Waals surface area contributed by atoms with Crippen LogP contribution in [0.25, 0.3) is 10.9 Å². The molecule has 0 aliphatic rings. The van der Waals surface area contributed by atoms with E-state index in [-0.39, 0.29) is 16.5 Å². The highest BCUT2D eigenvalue weighted by molar-refractivity contribution is 6.31. The number of pyridine rings is 2. The topological polar surface area (TPSA) is 103 Å². The standard InChI is InChI=1S/C27H22ClFN6O2/c1-35(2)10-4-6-26(36)34-24-12-20-23(13-25(24)37-19-5-3-9-31-16-19)32-15-17(14-30)27(20)33-18-7-8-22(29)21(28)11-18/h3-9,11-13,15-16H,10H2,1-2H3,(H,32,33)(H,34,36)/b6-4+. The molecule has 2 N–H and O–H groups in total. The van der Waals surface area contributed by atoms with Gasteiger partial charge in [-0.2, -0.15) is 5.26 Å². The summed E-state index contributed by atoms with van der Waals surface area (Å²) in [4.78, 5) is 23.1. The van der Waals surface area contributed by atoms with Gasteiger partial charge in [-0.1, -0.05) is 17.7 Å². The normalized spacial score (nSPS) is 11.0. The first kappa shape index (κ1) is 25.6. The van der Waals surface area contributed by atoms with Crippen molar-refractivity contribution in [1.29, 1.82) is 5.26 Å². The Morgan fingerprint density at radius 3 is 2.78 bits per heavy atom. The Bertz CT molecular complexity index is 1520. The number of carbonyl (C=O) groups is 1. The lowest BCUT2D eigenvalue weighted by molar-refractivity contribution is -0.111. The monoisotopic (exact) mass is 516 g/mol. The molecule has 8 nitrogen and oxygen atoms in total. The second-order valence-electron chi connectivity index (χ2n) is 8.22. The zero-order valence-corrected chi connectivity index (χ0v) is 20.8. The number of ether oxygens (including phenoxy) is 1.